The van der Waals surface area contributed by atoms with E-state index in [9.17, 15) is 14.0 Å². The average Bonchev–Trinajstić information content (AvgIpc) is 3.78. The Morgan fingerprint density at radius 3 is 2.47 bits per heavy atom. The molecule has 1 saturated carbocycles. The van der Waals surface area contributed by atoms with Crippen LogP contribution < -0.4 is 10.1 Å². The molecule has 1 aromatic heterocycles. The van der Waals surface area contributed by atoms with Crippen molar-refractivity contribution in [3.63, 3.8) is 0 Å². The van der Waals surface area contributed by atoms with E-state index >= 15 is 0 Å². The van der Waals surface area contributed by atoms with Crippen molar-refractivity contribution in [1.29, 1.82) is 0 Å². The van der Waals surface area contributed by atoms with Gasteiger partial charge in [0.1, 0.15) is 5.82 Å². The summed E-state index contributed by atoms with van der Waals surface area (Å²) in [6.45, 7) is 0. The minimum atomic E-state index is -0.636. The molecule has 1 fully saturated rings. The van der Waals surface area contributed by atoms with Crippen LogP contribution in [-0.2, 0) is 4.74 Å². The van der Waals surface area contributed by atoms with Crippen LogP contribution >= 0.6 is 23.2 Å². The predicted molar refractivity (Wildman–Crippen MR) is 164 cm³/mol. The van der Waals surface area contributed by atoms with Crippen LogP contribution in [0.15, 0.2) is 72.8 Å². The van der Waals surface area contributed by atoms with Crippen molar-refractivity contribution in [2.24, 2.45) is 5.92 Å². The Bertz CT molecular complexity index is 1870. The normalized spacial score (nSPS) is 13.5. The number of aromatic nitrogens is 2. The first kappa shape index (κ1) is 28.7. The number of halogens is 3. The Kier molecular flexibility index (Phi) is 7.81. The standard InChI is InChI=1S/C33H26Cl2FN3O4/c1-42-28-16-27-26(15-25(28)36)37-31(38-27)22-4-3-5-24(35)29(22)21-13-10-19(14-23(21)33(41)43-2)32(40)39-30(17-6-7-17)18-8-11-20(34)12-9-18/h3-5,8-17,30H,6-7H2,1-2H3,(H,37,38)(H,39,40). The van der Waals surface area contributed by atoms with E-state index in [1.807, 2.05) is 12.1 Å². The van der Waals surface area contributed by atoms with Crippen LogP contribution in [0.5, 0.6) is 5.75 Å². The van der Waals surface area contributed by atoms with Crippen LogP contribution in [0.1, 0.15) is 45.2 Å². The number of carbonyl (C=O) groups excluding carboxylic acids is 2. The number of rotatable bonds is 8. The fourth-order valence-electron chi connectivity index (χ4n) is 5.27. The van der Waals surface area contributed by atoms with Gasteiger partial charge in [0.2, 0.25) is 0 Å². The SMILES string of the molecule is COC(=O)c1cc(C(=O)NC(c2ccc(Cl)cc2)C2CC2)ccc1-c1c(Cl)cccc1-c1nc2cc(OC)c(F)cc2[nH]1. The molecule has 1 unspecified atom stereocenters. The second-order valence-electron chi connectivity index (χ2n) is 10.3. The topological polar surface area (TPSA) is 93.3 Å². The number of ether oxygens (including phenoxy) is 2. The molecule has 10 heteroatoms. The van der Waals surface area contributed by atoms with E-state index in [4.69, 9.17) is 32.7 Å². The number of fused-ring (bicyclic) bond motifs is 1. The van der Waals surface area contributed by atoms with E-state index in [-0.39, 0.29) is 23.3 Å². The van der Waals surface area contributed by atoms with Crippen LogP contribution in [0.25, 0.3) is 33.5 Å². The lowest BCUT2D eigenvalue weighted by Crippen LogP contribution is -2.30. The molecule has 7 nitrogen and oxygen atoms in total. The van der Waals surface area contributed by atoms with E-state index in [0.717, 1.165) is 18.4 Å². The number of nitrogens with zero attached hydrogens (tertiary/aromatic N) is 1. The first-order chi connectivity index (χ1) is 20.8. The Morgan fingerprint density at radius 2 is 1.77 bits per heavy atom. The minimum Gasteiger partial charge on any atom is -0.494 e. The highest BCUT2D eigenvalue weighted by Gasteiger charge is 2.34. The number of benzene rings is 4. The molecule has 0 radical (unpaired) electrons. The van der Waals surface area contributed by atoms with E-state index in [1.165, 1.54) is 32.4 Å². The number of H-pyrrole nitrogens is 1. The van der Waals surface area contributed by atoms with Gasteiger partial charge in [-0.25, -0.2) is 14.2 Å². The lowest BCUT2D eigenvalue weighted by Gasteiger charge is -2.20. The molecule has 1 atom stereocenters. The molecular weight excluding hydrogens is 592 g/mol. The quantitative estimate of drug-likeness (QED) is 0.172. The van der Waals surface area contributed by atoms with Crippen LogP contribution in [0.4, 0.5) is 4.39 Å². The second kappa shape index (κ2) is 11.7. The first-order valence-corrected chi connectivity index (χ1v) is 14.3. The molecule has 4 aromatic carbocycles. The smallest absolute Gasteiger partial charge is 0.338 e. The molecule has 0 bridgehead atoms. The van der Waals surface area contributed by atoms with Crippen molar-refractivity contribution in [3.05, 3.63) is 105 Å². The van der Waals surface area contributed by atoms with Crippen molar-refractivity contribution in [2.45, 2.75) is 18.9 Å². The molecular formula is C33H26Cl2FN3O4. The predicted octanol–water partition coefficient (Wildman–Crippen LogP) is 8.02. The number of nitrogens with one attached hydrogen (secondary N) is 2. The molecule has 0 saturated heterocycles. The highest BCUT2D eigenvalue weighted by molar-refractivity contribution is 6.34. The third-order valence-corrected chi connectivity index (χ3v) is 8.16. The molecule has 218 valence electrons. The molecule has 43 heavy (non-hydrogen) atoms. The van der Waals surface area contributed by atoms with Crippen molar-refractivity contribution in [2.75, 3.05) is 14.2 Å². The van der Waals surface area contributed by atoms with Gasteiger partial charge < -0.3 is 19.8 Å². The molecule has 1 aliphatic carbocycles. The number of hydrogen-bond acceptors (Lipinski definition) is 5. The van der Waals surface area contributed by atoms with E-state index < -0.39 is 11.8 Å². The molecule has 6 rings (SSSR count). The Morgan fingerprint density at radius 1 is 1.00 bits per heavy atom. The maximum absolute atomic E-state index is 14.4. The monoisotopic (exact) mass is 617 g/mol. The first-order valence-electron chi connectivity index (χ1n) is 13.6. The number of methoxy groups -OCH3 is 2. The van der Waals surface area contributed by atoms with Gasteiger partial charge in [-0.05, 0) is 60.2 Å². The second-order valence-corrected chi connectivity index (χ2v) is 11.2. The van der Waals surface area contributed by atoms with Crippen molar-refractivity contribution >= 4 is 46.1 Å². The number of carbonyl (C=O) groups is 2. The molecule has 1 heterocycles. The summed E-state index contributed by atoms with van der Waals surface area (Å²) in [6.07, 6.45) is 2.02. The van der Waals surface area contributed by atoms with Gasteiger partial charge in [0, 0.05) is 38.9 Å². The van der Waals surface area contributed by atoms with Crippen LogP contribution in [0.3, 0.4) is 0 Å². The maximum atomic E-state index is 14.4. The van der Waals surface area contributed by atoms with Gasteiger partial charge in [-0.15, -0.1) is 0 Å². The molecule has 0 spiro atoms. The van der Waals surface area contributed by atoms with Gasteiger partial charge in [0.15, 0.2) is 11.6 Å². The Balaban J connectivity index is 1.40. The van der Waals surface area contributed by atoms with Gasteiger partial charge in [-0.1, -0.05) is 53.5 Å². The summed E-state index contributed by atoms with van der Waals surface area (Å²) in [4.78, 5) is 34.4. The van der Waals surface area contributed by atoms with Crippen molar-refractivity contribution < 1.29 is 23.5 Å². The summed E-state index contributed by atoms with van der Waals surface area (Å²) >= 11 is 12.8. The number of imidazole rings is 1. The van der Waals surface area contributed by atoms with Gasteiger partial charge >= 0.3 is 5.97 Å². The molecule has 1 aliphatic rings. The van der Waals surface area contributed by atoms with Gasteiger partial charge in [0.05, 0.1) is 36.9 Å². The van der Waals surface area contributed by atoms with Gasteiger partial charge in [0.25, 0.3) is 5.91 Å². The van der Waals surface area contributed by atoms with Crippen LogP contribution in [-0.4, -0.2) is 36.1 Å². The van der Waals surface area contributed by atoms with Crippen LogP contribution in [0.2, 0.25) is 10.0 Å². The largest absolute Gasteiger partial charge is 0.494 e. The number of hydrogen-bond donors (Lipinski definition) is 2. The summed E-state index contributed by atoms with van der Waals surface area (Å²) in [5, 5.41) is 4.11. The average molecular weight is 618 g/mol. The number of esters is 1. The molecule has 2 N–H and O–H groups in total. The number of aromatic amines is 1. The van der Waals surface area contributed by atoms with Gasteiger partial charge in [-0.2, -0.15) is 0 Å². The van der Waals surface area contributed by atoms with Gasteiger partial charge in [-0.3, -0.25) is 4.79 Å². The summed E-state index contributed by atoms with van der Waals surface area (Å²) < 4.78 is 24.6. The third kappa shape index (κ3) is 5.68. The summed E-state index contributed by atoms with van der Waals surface area (Å²) in [6, 6.07) is 20.1. The fourth-order valence-corrected chi connectivity index (χ4v) is 5.67. The van der Waals surface area contributed by atoms with E-state index in [0.29, 0.717) is 55.1 Å². The van der Waals surface area contributed by atoms with Crippen LogP contribution in [0, 0.1) is 11.7 Å². The minimum absolute atomic E-state index is 0.0682. The van der Waals surface area contributed by atoms with E-state index in [1.54, 1.807) is 42.5 Å². The summed E-state index contributed by atoms with van der Waals surface area (Å²) in [5.74, 6) is -0.683. The Hall–Kier alpha value is -4.40. The summed E-state index contributed by atoms with van der Waals surface area (Å²) in [5.41, 5.74) is 3.89. The van der Waals surface area contributed by atoms with E-state index in [2.05, 4.69) is 15.3 Å². The lowest BCUT2D eigenvalue weighted by atomic mass is 9.93. The molecule has 5 aromatic rings. The Labute approximate surface area is 256 Å². The highest BCUT2D eigenvalue weighted by Crippen LogP contribution is 2.42. The number of amides is 1. The highest BCUT2D eigenvalue weighted by atomic mass is 35.5. The lowest BCUT2D eigenvalue weighted by molar-refractivity contribution is 0.0601. The molecule has 0 aliphatic heterocycles. The zero-order valence-electron chi connectivity index (χ0n) is 23.2. The zero-order chi connectivity index (χ0) is 30.2. The molecule has 1 amide bonds. The van der Waals surface area contributed by atoms with Crippen molar-refractivity contribution in [3.8, 4) is 28.3 Å². The summed E-state index contributed by atoms with van der Waals surface area (Å²) in [7, 11) is 2.66. The third-order valence-electron chi connectivity index (χ3n) is 7.59. The maximum Gasteiger partial charge on any atom is 0.338 e. The van der Waals surface area contributed by atoms with Crippen molar-refractivity contribution in [1.82, 2.24) is 15.3 Å². The fraction of sp³-hybridized carbons (Fsp3) is 0.182. The zero-order valence-corrected chi connectivity index (χ0v) is 24.7.